The van der Waals surface area contributed by atoms with Crippen LogP contribution in [0.15, 0.2) is 59.3 Å². The summed E-state index contributed by atoms with van der Waals surface area (Å²) in [7, 11) is 0. The molecule has 0 N–H and O–H groups in total. The molecule has 0 amide bonds. The van der Waals surface area contributed by atoms with Crippen molar-refractivity contribution >= 4 is 11.7 Å². The Balaban J connectivity index is 1.27. The highest BCUT2D eigenvalue weighted by Gasteiger charge is 2.30. The van der Waals surface area contributed by atoms with Crippen LogP contribution in [0.5, 0.6) is 0 Å². The van der Waals surface area contributed by atoms with Gasteiger partial charge in [-0.05, 0) is 42.9 Å². The Morgan fingerprint density at radius 2 is 1.86 bits per heavy atom. The second-order valence-corrected chi connectivity index (χ2v) is 8.19. The molecule has 5 nitrogen and oxygen atoms in total. The lowest BCUT2D eigenvalue weighted by molar-refractivity contribution is 0.0958. The van der Waals surface area contributed by atoms with E-state index in [0.29, 0.717) is 17.9 Å². The zero-order valence-electron chi connectivity index (χ0n) is 16.5. The number of nitrogens with zero attached hydrogens (tertiary/aromatic N) is 3. The van der Waals surface area contributed by atoms with E-state index >= 15 is 0 Å². The molecule has 1 saturated heterocycles. The van der Waals surface area contributed by atoms with Crippen molar-refractivity contribution in [2.24, 2.45) is 5.92 Å². The van der Waals surface area contributed by atoms with Gasteiger partial charge in [-0.25, -0.2) is 9.97 Å². The lowest BCUT2D eigenvalue weighted by Crippen LogP contribution is -2.36. The van der Waals surface area contributed by atoms with Gasteiger partial charge in [0.25, 0.3) is 0 Å². The van der Waals surface area contributed by atoms with Crippen LogP contribution in [0.1, 0.15) is 52.6 Å². The fourth-order valence-corrected chi connectivity index (χ4v) is 4.60. The van der Waals surface area contributed by atoms with E-state index in [-0.39, 0.29) is 11.7 Å². The molecule has 29 heavy (non-hydrogen) atoms. The molecule has 0 bridgehead atoms. The third kappa shape index (κ3) is 3.82. The van der Waals surface area contributed by atoms with Gasteiger partial charge in [-0.15, -0.1) is 0 Å². The molecule has 0 unspecified atom stereocenters. The van der Waals surface area contributed by atoms with Crippen molar-refractivity contribution in [2.45, 2.75) is 38.0 Å². The molecule has 1 atom stereocenters. The van der Waals surface area contributed by atoms with Crippen molar-refractivity contribution in [2.75, 3.05) is 18.0 Å². The maximum atomic E-state index is 12.6. The van der Waals surface area contributed by atoms with E-state index in [4.69, 9.17) is 9.40 Å². The predicted molar refractivity (Wildman–Crippen MR) is 111 cm³/mol. The summed E-state index contributed by atoms with van der Waals surface area (Å²) in [5, 5.41) is 0. The van der Waals surface area contributed by atoms with E-state index in [1.54, 1.807) is 12.5 Å². The molecule has 2 aromatic heterocycles. The molecular weight excluding hydrogens is 362 g/mol. The standard InChI is InChI=1S/C24H25N3O2/c28-22-15-19(23-7-4-12-29-23)14-21-20(22)16-25-24(26-21)27-10-8-18(9-11-27)13-17-5-2-1-3-6-17/h1-7,12,16,18-19H,8-11,13-15H2/t19-/m0/s1. The van der Waals surface area contributed by atoms with Crippen LogP contribution in [-0.2, 0) is 12.8 Å². The molecule has 1 aliphatic carbocycles. The molecule has 1 fully saturated rings. The number of benzene rings is 1. The largest absolute Gasteiger partial charge is 0.469 e. The van der Waals surface area contributed by atoms with Crippen molar-refractivity contribution in [3.8, 4) is 0 Å². The number of rotatable bonds is 4. The summed E-state index contributed by atoms with van der Waals surface area (Å²) in [5.41, 5.74) is 2.95. The van der Waals surface area contributed by atoms with Crippen LogP contribution in [0.2, 0.25) is 0 Å². The lowest BCUT2D eigenvalue weighted by atomic mass is 9.85. The molecule has 0 spiro atoms. The number of furan rings is 1. The zero-order valence-corrected chi connectivity index (χ0v) is 16.5. The Kier molecular flexibility index (Phi) is 4.88. The van der Waals surface area contributed by atoms with Crippen molar-refractivity contribution in [3.63, 3.8) is 0 Å². The predicted octanol–water partition coefficient (Wildman–Crippen LogP) is 4.44. The second-order valence-electron chi connectivity index (χ2n) is 8.19. The third-order valence-electron chi connectivity index (χ3n) is 6.24. The maximum Gasteiger partial charge on any atom is 0.225 e. The van der Waals surface area contributed by atoms with Crippen LogP contribution in [0.25, 0.3) is 0 Å². The molecule has 1 aromatic carbocycles. The van der Waals surface area contributed by atoms with Gasteiger partial charge in [0.05, 0.1) is 17.5 Å². The summed E-state index contributed by atoms with van der Waals surface area (Å²) in [4.78, 5) is 24.2. The molecule has 148 valence electrons. The average molecular weight is 387 g/mol. The van der Waals surface area contributed by atoms with Crippen molar-refractivity contribution < 1.29 is 9.21 Å². The third-order valence-corrected chi connectivity index (χ3v) is 6.24. The number of carbonyl (C=O) groups excluding carboxylic acids is 1. The molecule has 2 aliphatic rings. The molecular formula is C24H25N3O2. The SMILES string of the molecule is O=C1C[C@@H](c2ccco2)Cc2nc(N3CCC(Cc4ccccc4)CC3)ncc21. The molecule has 5 rings (SSSR count). The lowest BCUT2D eigenvalue weighted by Gasteiger charge is -2.32. The summed E-state index contributed by atoms with van der Waals surface area (Å²) < 4.78 is 5.54. The first-order chi connectivity index (χ1) is 14.3. The summed E-state index contributed by atoms with van der Waals surface area (Å²) >= 11 is 0. The summed E-state index contributed by atoms with van der Waals surface area (Å²) in [6.07, 6.45) is 8.02. The van der Waals surface area contributed by atoms with E-state index in [9.17, 15) is 4.79 Å². The van der Waals surface area contributed by atoms with Gasteiger partial charge < -0.3 is 9.32 Å². The van der Waals surface area contributed by atoms with Crippen LogP contribution in [0, 0.1) is 5.92 Å². The maximum absolute atomic E-state index is 12.6. The van der Waals surface area contributed by atoms with Gasteiger partial charge in [-0.1, -0.05) is 30.3 Å². The molecule has 1 aliphatic heterocycles. The number of hydrogen-bond acceptors (Lipinski definition) is 5. The molecule has 5 heteroatoms. The van der Waals surface area contributed by atoms with Gasteiger partial charge >= 0.3 is 0 Å². The second kappa shape index (κ2) is 7.82. The van der Waals surface area contributed by atoms with Gasteiger partial charge in [0.15, 0.2) is 5.78 Å². The summed E-state index contributed by atoms with van der Waals surface area (Å²) in [6.45, 7) is 1.93. The number of ketones is 1. The highest BCUT2D eigenvalue weighted by atomic mass is 16.3. The first-order valence-corrected chi connectivity index (χ1v) is 10.5. The summed E-state index contributed by atoms with van der Waals surface area (Å²) in [6, 6.07) is 14.5. The van der Waals surface area contributed by atoms with Gasteiger partial charge in [-0.3, -0.25) is 4.79 Å². The van der Waals surface area contributed by atoms with Crippen LogP contribution in [-0.4, -0.2) is 28.8 Å². The summed E-state index contributed by atoms with van der Waals surface area (Å²) in [5.74, 6) is 2.52. The van der Waals surface area contributed by atoms with Gasteiger partial charge in [0.1, 0.15) is 5.76 Å². The quantitative estimate of drug-likeness (QED) is 0.662. The Bertz CT molecular complexity index is 977. The number of Topliss-reactive ketones (excluding diaryl/α,β-unsaturated/α-hetero) is 1. The number of fused-ring (bicyclic) bond motifs is 1. The Labute approximate surface area is 170 Å². The highest BCUT2D eigenvalue weighted by Crippen LogP contribution is 2.33. The minimum Gasteiger partial charge on any atom is -0.469 e. The van der Waals surface area contributed by atoms with E-state index < -0.39 is 0 Å². The number of aromatic nitrogens is 2. The number of piperidine rings is 1. The topological polar surface area (TPSA) is 59.2 Å². The van der Waals surface area contributed by atoms with Crippen molar-refractivity contribution in [3.05, 3.63) is 77.5 Å². The fraction of sp³-hybridized carbons (Fsp3) is 0.375. The van der Waals surface area contributed by atoms with E-state index in [2.05, 4.69) is 40.2 Å². The monoisotopic (exact) mass is 387 g/mol. The molecule has 3 heterocycles. The normalized spacial score (nSPS) is 19.9. The minimum atomic E-state index is 0.0735. The Morgan fingerprint density at radius 3 is 2.62 bits per heavy atom. The van der Waals surface area contributed by atoms with Crippen molar-refractivity contribution in [1.82, 2.24) is 9.97 Å². The van der Waals surface area contributed by atoms with Crippen molar-refractivity contribution in [1.29, 1.82) is 0 Å². The van der Waals surface area contributed by atoms with Gasteiger partial charge in [0.2, 0.25) is 5.95 Å². The first-order valence-electron chi connectivity index (χ1n) is 10.5. The van der Waals surface area contributed by atoms with E-state index in [0.717, 1.165) is 56.2 Å². The van der Waals surface area contributed by atoms with Crippen LogP contribution >= 0.6 is 0 Å². The van der Waals surface area contributed by atoms with Crippen LogP contribution in [0.3, 0.4) is 0 Å². The fourth-order valence-electron chi connectivity index (χ4n) is 4.60. The number of anilines is 1. The average Bonchev–Trinajstić information content (AvgIpc) is 3.30. The Morgan fingerprint density at radius 1 is 1.03 bits per heavy atom. The van der Waals surface area contributed by atoms with Crippen LogP contribution in [0.4, 0.5) is 5.95 Å². The number of hydrogen-bond donors (Lipinski definition) is 0. The molecule has 0 radical (unpaired) electrons. The van der Waals surface area contributed by atoms with E-state index in [1.165, 1.54) is 5.56 Å². The van der Waals surface area contributed by atoms with Gasteiger partial charge in [-0.2, -0.15) is 0 Å². The molecule has 3 aromatic rings. The highest BCUT2D eigenvalue weighted by molar-refractivity contribution is 5.98. The zero-order chi connectivity index (χ0) is 19.6. The first kappa shape index (κ1) is 18.1. The smallest absolute Gasteiger partial charge is 0.225 e. The Hall–Kier alpha value is -2.95. The van der Waals surface area contributed by atoms with Gasteiger partial charge in [0, 0.05) is 38.0 Å². The minimum absolute atomic E-state index is 0.0735. The number of carbonyl (C=O) groups is 1. The van der Waals surface area contributed by atoms with Crippen LogP contribution < -0.4 is 4.90 Å². The molecule has 0 saturated carbocycles. The van der Waals surface area contributed by atoms with E-state index in [1.807, 2.05) is 12.1 Å².